The van der Waals surface area contributed by atoms with Gasteiger partial charge in [-0.25, -0.2) is 4.98 Å². The fourth-order valence-electron chi connectivity index (χ4n) is 1.17. The zero-order valence-electron chi connectivity index (χ0n) is 7.84. The molecule has 0 aliphatic carbocycles. The molecule has 1 heterocycles. The maximum absolute atomic E-state index is 4.33. The van der Waals surface area contributed by atoms with E-state index in [1.54, 1.807) is 0 Å². The number of hydrogen-bond donors (Lipinski definition) is 0. The molecule has 1 aromatic heterocycles. The lowest BCUT2D eigenvalue weighted by molar-refractivity contribution is 0.506. The first-order valence-electron chi connectivity index (χ1n) is 3.79. The number of hydrogen-bond acceptors (Lipinski definition) is 2. The van der Waals surface area contributed by atoms with Crippen LogP contribution in [0.4, 0.5) is 0 Å². The highest BCUT2D eigenvalue weighted by Crippen LogP contribution is 2.18. The van der Waals surface area contributed by atoms with Gasteiger partial charge in [0.25, 0.3) is 0 Å². The Kier molecular flexibility index (Phi) is 1.74. The summed E-state index contributed by atoms with van der Waals surface area (Å²) >= 11 is 0. The van der Waals surface area contributed by atoms with Gasteiger partial charge in [0.2, 0.25) is 0 Å². The van der Waals surface area contributed by atoms with Crippen molar-refractivity contribution >= 4 is 0 Å². The van der Waals surface area contributed by atoms with Gasteiger partial charge >= 0.3 is 0 Å². The molecule has 0 aliphatic rings. The summed E-state index contributed by atoms with van der Waals surface area (Å²) in [6, 6.07) is 0. The summed E-state index contributed by atoms with van der Waals surface area (Å²) < 4.78 is 1.84. The van der Waals surface area contributed by atoms with Crippen LogP contribution >= 0.6 is 0 Å². The summed E-state index contributed by atoms with van der Waals surface area (Å²) in [7, 11) is 1.93. The van der Waals surface area contributed by atoms with Crippen molar-refractivity contribution in [3.63, 3.8) is 0 Å². The standard InChI is InChI=1S/C8H15N3/c1-6-9-7(8(2,3)4)11(5)10-6/h1-5H3. The van der Waals surface area contributed by atoms with Gasteiger partial charge in [0.05, 0.1) is 0 Å². The first-order valence-corrected chi connectivity index (χ1v) is 3.79. The van der Waals surface area contributed by atoms with Crippen molar-refractivity contribution in [3.05, 3.63) is 11.6 Å². The zero-order valence-corrected chi connectivity index (χ0v) is 7.84. The molecule has 1 rings (SSSR count). The maximum Gasteiger partial charge on any atom is 0.147 e. The van der Waals surface area contributed by atoms with Crippen molar-refractivity contribution < 1.29 is 0 Å². The van der Waals surface area contributed by atoms with Gasteiger partial charge in [0.1, 0.15) is 11.6 Å². The van der Waals surface area contributed by atoms with E-state index >= 15 is 0 Å². The molecular formula is C8H15N3. The molecule has 0 amide bonds. The molecule has 0 aliphatic heterocycles. The molecule has 3 nitrogen and oxygen atoms in total. The Morgan fingerprint density at radius 2 is 1.82 bits per heavy atom. The smallest absolute Gasteiger partial charge is 0.147 e. The van der Waals surface area contributed by atoms with E-state index in [0.717, 1.165) is 11.6 Å². The van der Waals surface area contributed by atoms with Gasteiger partial charge in [-0.15, -0.1) is 0 Å². The molecule has 0 aromatic carbocycles. The van der Waals surface area contributed by atoms with E-state index in [9.17, 15) is 0 Å². The monoisotopic (exact) mass is 153 g/mol. The summed E-state index contributed by atoms with van der Waals surface area (Å²) in [5.74, 6) is 1.88. The normalized spacial score (nSPS) is 12.1. The summed E-state index contributed by atoms with van der Waals surface area (Å²) in [5, 5.41) is 4.18. The number of nitrogens with zero attached hydrogens (tertiary/aromatic N) is 3. The van der Waals surface area contributed by atoms with Crippen LogP contribution in [0.2, 0.25) is 0 Å². The lowest BCUT2D eigenvalue weighted by Crippen LogP contribution is -2.17. The van der Waals surface area contributed by atoms with Crippen molar-refractivity contribution in [3.8, 4) is 0 Å². The lowest BCUT2D eigenvalue weighted by Gasteiger charge is -2.15. The minimum atomic E-state index is 0.0933. The van der Waals surface area contributed by atoms with Crippen LogP contribution in [0.3, 0.4) is 0 Å². The summed E-state index contributed by atoms with van der Waals surface area (Å²) in [4.78, 5) is 4.33. The van der Waals surface area contributed by atoms with E-state index in [0.29, 0.717) is 0 Å². The molecule has 0 bridgehead atoms. The van der Waals surface area contributed by atoms with Crippen molar-refractivity contribution in [1.82, 2.24) is 14.8 Å². The molecule has 0 N–H and O–H groups in total. The average Bonchev–Trinajstić information content (AvgIpc) is 2.08. The molecule has 0 atom stereocenters. The molecule has 0 unspecified atom stereocenters. The highest BCUT2D eigenvalue weighted by atomic mass is 15.3. The van der Waals surface area contributed by atoms with Crippen molar-refractivity contribution in [2.24, 2.45) is 7.05 Å². The van der Waals surface area contributed by atoms with Crippen LogP contribution in [-0.4, -0.2) is 14.8 Å². The van der Waals surface area contributed by atoms with E-state index in [-0.39, 0.29) is 5.41 Å². The molecule has 1 aromatic rings. The predicted molar refractivity (Wildman–Crippen MR) is 44.4 cm³/mol. The van der Waals surface area contributed by atoms with E-state index in [4.69, 9.17) is 0 Å². The topological polar surface area (TPSA) is 30.7 Å². The Morgan fingerprint density at radius 1 is 1.27 bits per heavy atom. The fourth-order valence-corrected chi connectivity index (χ4v) is 1.17. The second kappa shape index (κ2) is 2.32. The third-order valence-electron chi connectivity index (χ3n) is 1.54. The van der Waals surface area contributed by atoms with Crippen LogP contribution in [0.15, 0.2) is 0 Å². The van der Waals surface area contributed by atoms with Gasteiger partial charge in [-0.3, -0.25) is 4.68 Å². The summed E-state index contributed by atoms with van der Waals surface area (Å²) in [6.07, 6.45) is 0. The van der Waals surface area contributed by atoms with E-state index < -0.39 is 0 Å². The molecule has 0 fully saturated rings. The van der Waals surface area contributed by atoms with Gasteiger partial charge in [0, 0.05) is 12.5 Å². The minimum absolute atomic E-state index is 0.0933. The first-order chi connectivity index (χ1) is 4.91. The lowest BCUT2D eigenvalue weighted by atomic mass is 9.96. The minimum Gasteiger partial charge on any atom is -0.252 e. The molecular weight excluding hydrogens is 138 g/mol. The predicted octanol–water partition coefficient (Wildman–Crippen LogP) is 1.42. The molecule has 11 heavy (non-hydrogen) atoms. The summed E-state index contributed by atoms with van der Waals surface area (Å²) in [6.45, 7) is 8.32. The van der Waals surface area contributed by atoms with Gasteiger partial charge in [-0.2, -0.15) is 5.10 Å². The number of aromatic nitrogens is 3. The third-order valence-corrected chi connectivity index (χ3v) is 1.54. The van der Waals surface area contributed by atoms with Crippen LogP contribution < -0.4 is 0 Å². The van der Waals surface area contributed by atoms with Crippen LogP contribution in [0.1, 0.15) is 32.4 Å². The molecule has 3 heteroatoms. The van der Waals surface area contributed by atoms with Gasteiger partial charge in [-0.1, -0.05) is 20.8 Å². The Morgan fingerprint density at radius 3 is 2.00 bits per heavy atom. The second-order valence-corrected chi connectivity index (χ2v) is 3.86. The van der Waals surface area contributed by atoms with Crippen molar-refractivity contribution in [1.29, 1.82) is 0 Å². The quantitative estimate of drug-likeness (QED) is 0.564. The highest BCUT2D eigenvalue weighted by Gasteiger charge is 2.19. The molecule has 0 saturated carbocycles. The maximum atomic E-state index is 4.33. The Balaban J connectivity index is 3.13. The zero-order chi connectivity index (χ0) is 8.65. The SMILES string of the molecule is Cc1nc(C(C)(C)C)n(C)n1. The largest absolute Gasteiger partial charge is 0.252 e. The second-order valence-electron chi connectivity index (χ2n) is 3.86. The molecule has 0 radical (unpaired) electrons. The van der Waals surface area contributed by atoms with Gasteiger partial charge in [-0.05, 0) is 6.92 Å². The number of rotatable bonds is 0. The average molecular weight is 153 g/mol. The summed E-state index contributed by atoms with van der Waals surface area (Å²) in [5.41, 5.74) is 0.0933. The van der Waals surface area contributed by atoms with Crippen molar-refractivity contribution in [2.75, 3.05) is 0 Å². The van der Waals surface area contributed by atoms with Crippen LogP contribution in [0.25, 0.3) is 0 Å². The van der Waals surface area contributed by atoms with Crippen molar-refractivity contribution in [2.45, 2.75) is 33.1 Å². The third kappa shape index (κ3) is 1.59. The van der Waals surface area contributed by atoms with Crippen LogP contribution in [-0.2, 0) is 12.5 Å². The van der Waals surface area contributed by atoms with Crippen LogP contribution in [0.5, 0.6) is 0 Å². The van der Waals surface area contributed by atoms with E-state index in [2.05, 4.69) is 30.9 Å². The molecule has 62 valence electrons. The van der Waals surface area contributed by atoms with E-state index in [1.807, 2.05) is 18.7 Å². The van der Waals surface area contributed by atoms with Gasteiger partial charge in [0.15, 0.2) is 0 Å². The Labute approximate surface area is 67.4 Å². The molecule has 0 spiro atoms. The Bertz CT molecular complexity index is 255. The first kappa shape index (κ1) is 8.24. The fraction of sp³-hybridized carbons (Fsp3) is 0.750. The van der Waals surface area contributed by atoms with Crippen LogP contribution in [0, 0.1) is 6.92 Å². The highest BCUT2D eigenvalue weighted by molar-refractivity contribution is 5.02. The van der Waals surface area contributed by atoms with Gasteiger partial charge < -0.3 is 0 Å². The molecule has 0 saturated heterocycles. The number of aryl methyl sites for hydroxylation is 2. The van der Waals surface area contributed by atoms with E-state index in [1.165, 1.54) is 0 Å². The Hall–Kier alpha value is -0.860.